The van der Waals surface area contributed by atoms with Crippen molar-refractivity contribution >= 4 is 29.2 Å². The highest BCUT2D eigenvalue weighted by atomic mass is 19.1. The Morgan fingerprint density at radius 3 is 2.49 bits per heavy atom. The lowest BCUT2D eigenvalue weighted by atomic mass is 10.1. The van der Waals surface area contributed by atoms with Crippen LogP contribution < -0.4 is 10.6 Å². The Bertz CT molecular complexity index is 1590. The molecule has 0 bridgehead atoms. The lowest BCUT2D eigenvalue weighted by molar-refractivity contribution is -0.130. The molecule has 1 unspecified atom stereocenters. The number of anilines is 2. The van der Waals surface area contributed by atoms with E-state index >= 15 is 4.39 Å². The molecule has 3 aromatic heterocycles. The molecule has 1 aliphatic heterocycles. The van der Waals surface area contributed by atoms with Gasteiger partial charge in [0.1, 0.15) is 5.82 Å². The van der Waals surface area contributed by atoms with Crippen LogP contribution in [0.1, 0.15) is 69.4 Å². The van der Waals surface area contributed by atoms with E-state index in [2.05, 4.69) is 38.1 Å². The summed E-state index contributed by atoms with van der Waals surface area (Å²) in [6.45, 7) is 9.81. The number of carbonyl (C=O) groups excluding carboxylic acids is 3. The summed E-state index contributed by atoms with van der Waals surface area (Å²) >= 11 is 0. The zero-order chi connectivity index (χ0) is 32.2. The van der Waals surface area contributed by atoms with Crippen molar-refractivity contribution in [2.45, 2.75) is 44.7 Å². The Kier molecular flexibility index (Phi) is 9.52. The molecule has 0 spiro atoms. The summed E-state index contributed by atoms with van der Waals surface area (Å²) in [6, 6.07) is 6.67. The molecule has 2 fully saturated rings. The van der Waals surface area contributed by atoms with Gasteiger partial charge in [0.25, 0.3) is 11.8 Å². The molecular weight excluding hydrogens is 575 g/mol. The predicted octanol–water partition coefficient (Wildman–Crippen LogP) is 4.02. The Balaban J connectivity index is 1.30. The molecular formula is C33H39FN8O3. The lowest BCUT2D eigenvalue weighted by Gasteiger charge is -2.40. The van der Waals surface area contributed by atoms with Crippen molar-refractivity contribution in [2.24, 2.45) is 0 Å². The average Bonchev–Trinajstić information content (AvgIpc) is 3.87. The fourth-order valence-corrected chi connectivity index (χ4v) is 5.53. The molecule has 3 aromatic rings. The van der Waals surface area contributed by atoms with Gasteiger partial charge in [-0.15, -0.1) is 0 Å². The number of aromatic nitrogens is 3. The van der Waals surface area contributed by atoms with Gasteiger partial charge in [-0.2, -0.15) is 0 Å². The third kappa shape index (κ3) is 7.51. The highest BCUT2D eigenvalue weighted by Gasteiger charge is 2.29. The van der Waals surface area contributed by atoms with Crippen LogP contribution in [0.3, 0.4) is 0 Å². The van der Waals surface area contributed by atoms with Crippen molar-refractivity contribution in [3.05, 3.63) is 89.4 Å². The third-order valence-electron chi connectivity index (χ3n) is 8.19. The molecule has 5 rings (SSSR count). The summed E-state index contributed by atoms with van der Waals surface area (Å²) in [7, 11) is 3.28. The Hall–Kier alpha value is -4.71. The van der Waals surface area contributed by atoms with E-state index in [9.17, 15) is 14.4 Å². The second-order valence-electron chi connectivity index (χ2n) is 11.9. The largest absolute Gasteiger partial charge is 0.374 e. The normalized spacial score (nSPS) is 17.4. The van der Waals surface area contributed by atoms with Crippen molar-refractivity contribution in [1.29, 1.82) is 0 Å². The first-order valence-corrected chi connectivity index (χ1v) is 15.1. The first-order valence-electron chi connectivity index (χ1n) is 15.1. The van der Waals surface area contributed by atoms with Crippen LogP contribution in [0, 0.1) is 12.7 Å². The van der Waals surface area contributed by atoms with E-state index in [-0.39, 0.29) is 35.4 Å². The van der Waals surface area contributed by atoms with Gasteiger partial charge in [-0.05, 0) is 61.9 Å². The molecule has 236 valence electrons. The van der Waals surface area contributed by atoms with E-state index in [0.717, 1.165) is 5.69 Å². The summed E-state index contributed by atoms with van der Waals surface area (Å²) < 4.78 is 15.3. The van der Waals surface area contributed by atoms with E-state index in [4.69, 9.17) is 4.98 Å². The minimum Gasteiger partial charge on any atom is -0.374 e. The first-order chi connectivity index (χ1) is 21.5. The SMILES string of the molecule is C=CC(=O)N1CCN(CC(Nc2cnc(C(=O)Nc3ncc(C(=O)N(C)C)cc3C)c(F)c2)c2ccc(C3CC3)cn2)C[C@H]1C. The Morgan fingerprint density at radius 2 is 1.89 bits per heavy atom. The van der Waals surface area contributed by atoms with Gasteiger partial charge < -0.3 is 20.4 Å². The monoisotopic (exact) mass is 614 g/mol. The smallest absolute Gasteiger partial charge is 0.278 e. The maximum Gasteiger partial charge on any atom is 0.278 e. The van der Waals surface area contributed by atoms with Crippen molar-refractivity contribution in [3.8, 4) is 0 Å². The molecule has 1 saturated heterocycles. The minimum absolute atomic E-state index is 0.00908. The summed E-state index contributed by atoms with van der Waals surface area (Å²) in [4.78, 5) is 56.0. The molecule has 3 amide bonds. The fourth-order valence-electron chi connectivity index (χ4n) is 5.53. The van der Waals surface area contributed by atoms with E-state index in [1.165, 1.54) is 47.8 Å². The second kappa shape index (κ2) is 13.5. The van der Waals surface area contributed by atoms with Gasteiger partial charge in [-0.1, -0.05) is 12.6 Å². The maximum atomic E-state index is 15.3. The van der Waals surface area contributed by atoms with Gasteiger partial charge in [0.2, 0.25) is 5.91 Å². The molecule has 2 aliphatic rings. The van der Waals surface area contributed by atoms with Crippen LogP contribution in [0.15, 0.2) is 55.5 Å². The fraction of sp³-hybridized carbons (Fsp3) is 0.394. The van der Waals surface area contributed by atoms with Gasteiger partial charge >= 0.3 is 0 Å². The first kappa shape index (κ1) is 31.7. The number of amides is 3. The molecule has 45 heavy (non-hydrogen) atoms. The average molecular weight is 615 g/mol. The summed E-state index contributed by atoms with van der Waals surface area (Å²) in [5.41, 5.74) is 2.97. The lowest BCUT2D eigenvalue weighted by Crippen LogP contribution is -2.54. The number of nitrogens with one attached hydrogen (secondary N) is 2. The Labute approximate surface area is 262 Å². The van der Waals surface area contributed by atoms with Crippen molar-refractivity contribution in [2.75, 3.05) is 50.9 Å². The quantitative estimate of drug-likeness (QED) is 0.329. The van der Waals surface area contributed by atoms with E-state index in [0.29, 0.717) is 48.9 Å². The zero-order valence-corrected chi connectivity index (χ0v) is 26.1. The molecule has 4 heterocycles. The molecule has 12 heteroatoms. The highest BCUT2D eigenvalue weighted by Crippen LogP contribution is 2.39. The topological polar surface area (TPSA) is 124 Å². The number of hydrogen-bond acceptors (Lipinski definition) is 8. The number of nitrogens with zero attached hydrogens (tertiary/aromatic N) is 6. The van der Waals surface area contributed by atoms with E-state index < -0.39 is 11.7 Å². The predicted molar refractivity (Wildman–Crippen MR) is 170 cm³/mol. The number of carbonyl (C=O) groups is 3. The third-order valence-corrected chi connectivity index (χ3v) is 8.19. The molecule has 0 aromatic carbocycles. The van der Waals surface area contributed by atoms with Gasteiger partial charge in [-0.3, -0.25) is 24.3 Å². The number of aryl methyl sites for hydroxylation is 1. The van der Waals surface area contributed by atoms with Crippen LogP contribution in [-0.4, -0.2) is 93.7 Å². The van der Waals surface area contributed by atoms with Gasteiger partial charge in [0.05, 0.1) is 29.2 Å². The van der Waals surface area contributed by atoms with Crippen molar-refractivity contribution in [1.82, 2.24) is 29.7 Å². The summed E-state index contributed by atoms with van der Waals surface area (Å²) in [5, 5.41) is 5.97. The van der Waals surface area contributed by atoms with Crippen LogP contribution in [0.2, 0.25) is 0 Å². The van der Waals surface area contributed by atoms with Crippen molar-refractivity contribution < 1.29 is 18.8 Å². The number of halogens is 1. The van der Waals surface area contributed by atoms with Gasteiger partial charge in [0.15, 0.2) is 11.5 Å². The molecule has 0 radical (unpaired) electrons. The summed E-state index contributed by atoms with van der Waals surface area (Å²) in [6.07, 6.45) is 8.40. The Morgan fingerprint density at radius 1 is 1.11 bits per heavy atom. The van der Waals surface area contributed by atoms with Gasteiger partial charge in [0, 0.05) is 64.8 Å². The van der Waals surface area contributed by atoms with E-state index in [1.54, 1.807) is 27.1 Å². The number of hydrogen-bond donors (Lipinski definition) is 2. The molecule has 11 nitrogen and oxygen atoms in total. The molecule has 1 saturated carbocycles. The number of rotatable bonds is 10. The van der Waals surface area contributed by atoms with Crippen molar-refractivity contribution in [3.63, 3.8) is 0 Å². The second-order valence-corrected chi connectivity index (χ2v) is 11.9. The standard InChI is InChI=1S/C33H39FN8O3/c1-6-29(43)42-12-11-41(18-21(42)3)19-28(27-10-9-23(15-35-27)22-7-8-22)38-25-14-26(34)30(36-17-25)32(44)39-31-20(2)13-24(16-37-31)33(45)40(4)5/h6,9-10,13-17,21-22,28,38H,1,7-8,11-12,18-19H2,2-5H3,(H,37,39,44)/t21-,28?/m1/s1. The van der Waals surface area contributed by atoms with Crippen LogP contribution >= 0.6 is 0 Å². The van der Waals surface area contributed by atoms with Crippen LogP contribution in [0.5, 0.6) is 0 Å². The zero-order valence-electron chi connectivity index (χ0n) is 26.1. The maximum absolute atomic E-state index is 15.3. The molecule has 1 aliphatic carbocycles. The van der Waals surface area contributed by atoms with Crippen LogP contribution in [0.25, 0.3) is 0 Å². The van der Waals surface area contributed by atoms with Crippen LogP contribution in [-0.2, 0) is 4.79 Å². The van der Waals surface area contributed by atoms with Gasteiger partial charge in [-0.25, -0.2) is 14.4 Å². The minimum atomic E-state index is -0.796. The molecule has 2 atom stereocenters. The summed E-state index contributed by atoms with van der Waals surface area (Å²) in [5.74, 6) is -1.06. The number of piperazine rings is 1. The molecule has 2 N–H and O–H groups in total. The van der Waals surface area contributed by atoms with E-state index in [1.807, 2.05) is 24.1 Å². The number of pyridine rings is 3. The highest BCUT2D eigenvalue weighted by molar-refractivity contribution is 6.03. The van der Waals surface area contributed by atoms with Crippen LogP contribution in [0.4, 0.5) is 15.9 Å².